The second-order valence-electron chi connectivity index (χ2n) is 10.1. The van der Waals surface area contributed by atoms with Gasteiger partial charge in [-0.2, -0.15) is 9.80 Å². The van der Waals surface area contributed by atoms with Crippen LogP contribution in [0.3, 0.4) is 0 Å². The Bertz CT molecular complexity index is 2030. The number of aliphatic hydroxyl groups is 1. The Balaban J connectivity index is 1.20. The van der Waals surface area contributed by atoms with Gasteiger partial charge in [0.1, 0.15) is 0 Å². The van der Waals surface area contributed by atoms with Crippen LogP contribution in [-0.2, 0) is 4.74 Å². The molecule has 2 aliphatic rings. The third-order valence-corrected chi connectivity index (χ3v) is 7.34. The van der Waals surface area contributed by atoms with Crippen LogP contribution >= 0.6 is 0 Å². The van der Waals surface area contributed by atoms with Gasteiger partial charge in [-0.05, 0) is 60.0 Å². The van der Waals surface area contributed by atoms with Crippen molar-refractivity contribution in [1.82, 2.24) is 15.1 Å². The molecule has 6 rings (SSSR count). The first kappa shape index (κ1) is 29.7. The lowest BCUT2D eigenvalue weighted by Crippen LogP contribution is -2.38. The maximum Gasteiger partial charge on any atom is 0.332 e. The molecule has 3 heterocycles. The van der Waals surface area contributed by atoms with Gasteiger partial charge in [0.05, 0.1) is 28.9 Å². The van der Waals surface area contributed by atoms with Crippen molar-refractivity contribution in [3.8, 4) is 22.6 Å². The van der Waals surface area contributed by atoms with Crippen molar-refractivity contribution in [2.45, 2.75) is 13.3 Å². The van der Waals surface area contributed by atoms with E-state index in [0.29, 0.717) is 27.2 Å². The topological polar surface area (TPSA) is 191 Å². The minimum Gasteiger partial charge on any atom is -0.411 e. The third-order valence-electron chi connectivity index (χ3n) is 7.34. The molecule has 4 aromatic rings. The number of anilines is 1. The first-order valence-corrected chi connectivity index (χ1v) is 13.9. The van der Waals surface area contributed by atoms with Gasteiger partial charge in [-0.3, -0.25) is 30.0 Å². The molecule has 3 N–H and O–H groups in total. The summed E-state index contributed by atoms with van der Waals surface area (Å²) < 4.78 is 10.8. The van der Waals surface area contributed by atoms with Gasteiger partial charge < -0.3 is 14.3 Å². The molecule has 2 aliphatic heterocycles. The number of carbonyl (C=O) groups excluding carboxylic acids is 4. The minimum absolute atomic E-state index is 0.00627. The highest BCUT2D eigenvalue weighted by molar-refractivity contribution is 6.34. The molecule has 0 atom stereocenters. The summed E-state index contributed by atoms with van der Waals surface area (Å²) in [6.45, 7) is 1.57. The Labute approximate surface area is 261 Å². The van der Waals surface area contributed by atoms with Gasteiger partial charge in [0, 0.05) is 12.0 Å². The van der Waals surface area contributed by atoms with Crippen molar-refractivity contribution in [1.29, 1.82) is 10.8 Å². The Morgan fingerprint density at radius 1 is 0.826 bits per heavy atom. The number of benzene rings is 3. The van der Waals surface area contributed by atoms with Crippen LogP contribution in [0.15, 0.2) is 94.9 Å². The van der Waals surface area contributed by atoms with Crippen molar-refractivity contribution in [3.05, 3.63) is 113 Å². The van der Waals surface area contributed by atoms with Gasteiger partial charge in [-0.25, -0.2) is 0 Å². The fourth-order valence-electron chi connectivity index (χ4n) is 4.96. The average Bonchev–Trinajstić information content (AvgIpc) is 3.72. The Morgan fingerprint density at radius 3 is 2.09 bits per heavy atom. The van der Waals surface area contributed by atoms with Gasteiger partial charge in [0.2, 0.25) is 5.89 Å². The summed E-state index contributed by atoms with van der Waals surface area (Å²) in [6.07, 6.45) is 4.80. The number of carbonyl (C=O) groups is 4. The van der Waals surface area contributed by atoms with Gasteiger partial charge in [-0.1, -0.05) is 53.7 Å². The SMILES string of the molecule is CC=C(C=CCC(=N)OC(=N)N1C(=O)c2ccc(-c3ccc4c(c3)C(=O)N(c3nnc(-c5ccccc5)o3)C4=O)cc2C1=O)CO. The number of ether oxygens (including phenoxy) is 1. The fourth-order valence-corrected chi connectivity index (χ4v) is 4.96. The lowest BCUT2D eigenvalue weighted by atomic mass is 9.97. The number of allylic oxidation sites excluding steroid dienone is 1. The molecular formula is C33H24N6O7. The number of fused-ring (bicyclic) bond motifs is 2. The maximum absolute atomic E-state index is 13.4. The Morgan fingerprint density at radius 2 is 1.43 bits per heavy atom. The molecule has 0 bridgehead atoms. The van der Waals surface area contributed by atoms with E-state index in [4.69, 9.17) is 20.0 Å². The second kappa shape index (κ2) is 12.0. The van der Waals surface area contributed by atoms with Crippen LogP contribution in [0.1, 0.15) is 54.8 Å². The predicted molar refractivity (Wildman–Crippen MR) is 164 cm³/mol. The van der Waals surface area contributed by atoms with E-state index in [0.717, 1.165) is 4.90 Å². The van der Waals surface area contributed by atoms with E-state index in [2.05, 4.69) is 10.2 Å². The molecule has 0 aliphatic carbocycles. The van der Waals surface area contributed by atoms with Crippen LogP contribution in [0.4, 0.5) is 6.01 Å². The molecular weight excluding hydrogens is 592 g/mol. The highest BCUT2D eigenvalue weighted by Crippen LogP contribution is 2.34. The van der Waals surface area contributed by atoms with Gasteiger partial charge in [0.15, 0.2) is 5.90 Å². The quantitative estimate of drug-likeness (QED) is 0.115. The number of aromatic nitrogens is 2. The number of imide groups is 2. The highest BCUT2D eigenvalue weighted by Gasteiger charge is 2.42. The van der Waals surface area contributed by atoms with Gasteiger partial charge >= 0.3 is 12.0 Å². The van der Waals surface area contributed by atoms with Crippen LogP contribution in [0, 0.1) is 10.8 Å². The van der Waals surface area contributed by atoms with Crippen molar-refractivity contribution in [2.24, 2.45) is 0 Å². The molecule has 228 valence electrons. The van der Waals surface area contributed by atoms with Crippen LogP contribution < -0.4 is 4.90 Å². The standard InChI is InChI=1S/C33H24N6O7/c1-2-18(17-40)7-6-10-26(34)45-32(35)38-28(41)22-13-11-20(15-24(22)30(38)43)21-12-14-23-25(16-21)31(44)39(29(23)42)33-37-36-27(46-33)19-8-4-3-5-9-19/h2-9,11-16,34-35,40H,10,17H2,1H3. The van der Waals surface area contributed by atoms with E-state index in [1.165, 1.54) is 24.3 Å². The molecule has 1 aromatic heterocycles. The largest absolute Gasteiger partial charge is 0.411 e. The van der Waals surface area contributed by atoms with E-state index in [9.17, 15) is 24.3 Å². The smallest absolute Gasteiger partial charge is 0.332 e. The lowest BCUT2D eigenvalue weighted by molar-refractivity contribution is 0.0724. The summed E-state index contributed by atoms with van der Waals surface area (Å²) in [7, 11) is 0. The van der Waals surface area contributed by atoms with E-state index >= 15 is 0 Å². The molecule has 0 spiro atoms. The maximum atomic E-state index is 13.4. The third kappa shape index (κ3) is 5.20. The molecule has 13 heteroatoms. The van der Waals surface area contributed by atoms with Crippen LogP contribution in [0.2, 0.25) is 0 Å². The summed E-state index contributed by atoms with van der Waals surface area (Å²) in [5.41, 5.74) is 2.48. The number of amidine groups is 1. The Hall–Kier alpha value is -6.34. The Kier molecular flexibility index (Phi) is 7.74. The number of hydrogen-bond donors (Lipinski definition) is 3. The highest BCUT2D eigenvalue weighted by atomic mass is 16.5. The first-order chi connectivity index (χ1) is 22.2. The number of rotatable bonds is 7. The van der Waals surface area contributed by atoms with E-state index < -0.39 is 29.7 Å². The normalized spacial score (nSPS) is 14.3. The predicted octanol–water partition coefficient (Wildman–Crippen LogP) is 4.61. The van der Waals surface area contributed by atoms with E-state index in [1.54, 1.807) is 61.5 Å². The van der Waals surface area contributed by atoms with Gasteiger partial charge in [0.25, 0.3) is 23.6 Å². The zero-order valence-electron chi connectivity index (χ0n) is 24.2. The zero-order valence-corrected chi connectivity index (χ0v) is 24.2. The number of nitrogens with one attached hydrogen (secondary N) is 2. The number of aliphatic hydroxyl groups excluding tert-OH is 1. The van der Waals surface area contributed by atoms with Crippen molar-refractivity contribution < 1.29 is 33.4 Å². The molecule has 3 aromatic carbocycles. The summed E-state index contributed by atoms with van der Waals surface area (Å²) >= 11 is 0. The van der Waals surface area contributed by atoms with Crippen molar-refractivity contribution >= 4 is 41.6 Å². The molecule has 0 saturated carbocycles. The lowest BCUT2D eigenvalue weighted by Gasteiger charge is -2.14. The number of amides is 4. The molecule has 46 heavy (non-hydrogen) atoms. The molecule has 0 radical (unpaired) electrons. The second-order valence-corrected chi connectivity index (χ2v) is 10.1. The van der Waals surface area contributed by atoms with E-state index in [-0.39, 0.29) is 53.1 Å². The molecule has 0 fully saturated rings. The number of nitrogens with zero attached hydrogens (tertiary/aromatic N) is 4. The van der Waals surface area contributed by atoms with Crippen LogP contribution in [0.25, 0.3) is 22.6 Å². The van der Waals surface area contributed by atoms with Crippen LogP contribution in [0.5, 0.6) is 0 Å². The van der Waals surface area contributed by atoms with Crippen molar-refractivity contribution in [3.63, 3.8) is 0 Å². The molecule has 13 nitrogen and oxygen atoms in total. The summed E-state index contributed by atoms with van der Waals surface area (Å²) in [4.78, 5) is 54.1. The number of hydrogen-bond acceptors (Lipinski definition) is 11. The van der Waals surface area contributed by atoms with Crippen molar-refractivity contribution in [2.75, 3.05) is 11.5 Å². The molecule has 0 unspecified atom stereocenters. The van der Waals surface area contributed by atoms with Gasteiger partial charge in [-0.15, -0.1) is 5.10 Å². The first-order valence-electron chi connectivity index (χ1n) is 13.9. The van der Waals surface area contributed by atoms with E-state index in [1.807, 2.05) is 6.07 Å². The average molecular weight is 617 g/mol. The summed E-state index contributed by atoms with van der Waals surface area (Å²) in [5.74, 6) is -3.12. The minimum atomic E-state index is -0.822. The molecule has 4 amide bonds. The molecule has 0 saturated heterocycles. The summed E-state index contributed by atoms with van der Waals surface area (Å²) in [5, 5.41) is 33.2. The monoisotopic (exact) mass is 616 g/mol. The summed E-state index contributed by atoms with van der Waals surface area (Å²) in [6, 6.07) is 16.9. The van der Waals surface area contributed by atoms with Crippen LogP contribution in [-0.4, -0.2) is 62.4 Å². The fraction of sp³-hybridized carbons (Fsp3) is 0.0909. The zero-order chi connectivity index (χ0) is 32.5.